The molecule has 0 aliphatic rings. The number of carbonyl (C=O) groups excluding carboxylic acids is 1. The number of aryl methyl sites for hydroxylation is 2. The summed E-state index contributed by atoms with van der Waals surface area (Å²) in [7, 11) is 3.94. The predicted molar refractivity (Wildman–Crippen MR) is 89.1 cm³/mol. The van der Waals surface area contributed by atoms with Crippen LogP contribution in [0.1, 0.15) is 21.5 Å². The summed E-state index contributed by atoms with van der Waals surface area (Å²) >= 11 is 0. The average Bonchev–Trinajstić information content (AvgIpc) is 2.42. The summed E-state index contributed by atoms with van der Waals surface area (Å²) in [6.07, 6.45) is 0. The largest absolute Gasteiger partial charge is 0.399 e. The summed E-state index contributed by atoms with van der Waals surface area (Å²) in [5.41, 5.74) is 11.0. The van der Waals surface area contributed by atoms with Crippen LogP contribution < -0.4 is 16.0 Å². The number of rotatable bonds is 3. The Hall–Kier alpha value is -2.49. The number of hydrogen-bond donors (Lipinski definition) is 2. The molecule has 2 aromatic carbocycles. The minimum atomic E-state index is -0.115. The number of benzene rings is 2. The number of hydrogen-bond acceptors (Lipinski definition) is 3. The van der Waals surface area contributed by atoms with Crippen LogP contribution in [0.2, 0.25) is 0 Å². The van der Waals surface area contributed by atoms with E-state index in [9.17, 15) is 4.79 Å². The molecule has 2 rings (SSSR count). The van der Waals surface area contributed by atoms with Crippen LogP contribution in [-0.2, 0) is 0 Å². The van der Waals surface area contributed by atoms with Crippen molar-refractivity contribution >= 4 is 23.0 Å². The van der Waals surface area contributed by atoms with Crippen LogP contribution in [-0.4, -0.2) is 20.0 Å². The third-order valence-electron chi connectivity index (χ3n) is 3.44. The molecule has 2 aromatic rings. The number of carbonyl (C=O) groups is 1. The number of amides is 1. The average molecular weight is 283 g/mol. The van der Waals surface area contributed by atoms with Gasteiger partial charge in [-0.25, -0.2) is 0 Å². The first kappa shape index (κ1) is 14.9. The van der Waals surface area contributed by atoms with Crippen LogP contribution in [0.3, 0.4) is 0 Å². The van der Waals surface area contributed by atoms with E-state index >= 15 is 0 Å². The fourth-order valence-corrected chi connectivity index (χ4v) is 2.29. The Balaban J connectivity index is 2.22. The van der Waals surface area contributed by atoms with E-state index in [2.05, 4.69) is 5.32 Å². The van der Waals surface area contributed by atoms with Gasteiger partial charge >= 0.3 is 0 Å². The van der Waals surface area contributed by atoms with Gasteiger partial charge < -0.3 is 16.0 Å². The Morgan fingerprint density at radius 3 is 2.05 bits per heavy atom. The first-order valence-electron chi connectivity index (χ1n) is 6.84. The Morgan fingerprint density at radius 2 is 1.57 bits per heavy atom. The molecule has 0 aromatic heterocycles. The lowest BCUT2D eigenvalue weighted by molar-refractivity contribution is 0.102. The lowest BCUT2D eigenvalue weighted by Gasteiger charge is -2.14. The standard InChI is InChI=1S/C17H21N3O/c1-11-9-14(18)10-12(2)16(11)19-17(21)13-5-7-15(8-6-13)20(3)4/h5-10H,18H2,1-4H3,(H,19,21). The molecule has 0 saturated carbocycles. The van der Waals surface area contributed by atoms with Crippen LogP contribution in [0, 0.1) is 13.8 Å². The molecule has 0 aliphatic heterocycles. The third-order valence-corrected chi connectivity index (χ3v) is 3.44. The van der Waals surface area contributed by atoms with Crippen LogP contribution in [0.4, 0.5) is 17.1 Å². The Labute approximate surface area is 125 Å². The number of anilines is 3. The lowest BCUT2D eigenvalue weighted by Crippen LogP contribution is -2.14. The summed E-state index contributed by atoms with van der Waals surface area (Å²) in [5, 5.41) is 2.96. The zero-order chi connectivity index (χ0) is 15.6. The van der Waals surface area contributed by atoms with Crippen molar-refractivity contribution in [2.24, 2.45) is 0 Å². The highest BCUT2D eigenvalue weighted by atomic mass is 16.1. The second-order valence-corrected chi connectivity index (χ2v) is 5.43. The molecule has 110 valence electrons. The third kappa shape index (κ3) is 3.34. The molecule has 21 heavy (non-hydrogen) atoms. The molecule has 0 radical (unpaired) electrons. The molecule has 0 unspecified atom stereocenters. The van der Waals surface area contributed by atoms with Gasteiger partial charge in [0.2, 0.25) is 0 Å². The lowest BCUT2D eigenvalue weighted by atomic mass is 10.1. The van der Waals surface area contributed by atoms with Gasteiger partial charge in [0.15, 0.2) is 0 Å². The molecular formula is C17H21N3O. The first-order valence-corrected chi connectivity index (χ1v) is 6.84. The summed E-state index contributed by atoms with van der Waals surface area (Å²) in [4.78, 5) is 14.3. The Morgan fingerprint density at radius 1 is 1.05 bits per heavy atom. The van der Waals surface area contributed by atoms with E-state index < -0.39 is 0 Å². The highest BCUT2D eigenvalue weighted by Crippen LogP contribution is 2.24. The SMILES string of the molecule is Cc1cc(N)cc(C)c1NC(=O)c1ccc(N(C)C)cc1. The minimum Gasteiger partial charge on any atom is -0.399 e. The van der Waals surface area contributed by atoms with E-state index in [0.717, 1.165) is 22.5 Å². The Bertz CT molecular complexity index is 637. The number of nitrogens with one attached hydrogen (secondary N) is 1. The van der Waals surface area contributed by atoms with Crippen LogP contribution in [0.5, 0.6) is 0 Å². The second kappa shape index (κ2) is 5.87. The summed E-state index contributed by atoms with van der Waals surface area (Å²) in [6, 6.07) is 11.2. The van der Waals surface area contributed by atoms with Crippen molar-refractivity contribution in [3.63, 3.8) is 0 Å². The maximum atomic E-state index is 12.3. The van der Waals surface area contributed by atoms with Crippen molar-refractivity contribution in [1.82, 2.24) is 0 Å². The summed E-state index contributed by atoms with van der Waals surface area (Å²) in [5.74, 6) is -0.115. The number of nitrogen functional groups attached to an aromatic ring is 1. The molecule has 0 spiro atoms. The summed E-state index contributed by atoms with van der Waals surface area (Å²) < 4.78 is 0. The highest BCUT2D eigenvalue weighted by molar-refractivity contribution is 6.05. The van der Waals surface area contributed by atoms with Crippen LogP contribution >= 0.6 is 0 Å². The van der Waals surface area contributed by atoms with Crippen molar-refractivity contribution in [3.05, 3.63) is 53.1 Å². The Kier molecular flexibility index (Phi) is 4.17. The normalized spacial score (nSPS) is 10.3. The molecule has 4 heteroatoms. The van der Waals surface area contributed by atoms with E-state index in [1.54, 1.807) is 0 Å². The maximum absolute atomic E-state index is 12.3. The van der Waals surface area contributed by atoms with Gasteiger partial charge in [-0.1, -0.05) is 0 Å². The van der Waals surface area contributed by atoms with Gasteiger partial charge in [0.25, 0.3) is 5.91 Å². The van der Waals surface area contributed by atoms with Gasteiger partial charge in [0.1, 0.15) is 0 Å². The van der Waals surface area contributed by atoms with Gasteiger partial charge in [-0.2, -0.15) is 0 Å². The first-order chi connectivity index (χ1) is 9.88. The van der Waals surface area contributed by atoms with E-state index in [-0.39, 0.29) is 5.91 Å². The highest BCUT2D eigenvalue weighted by Gasteiger charge is 2.10. The number of nitrogens with zero attached hydrogens (tertiary/aromatic N) is 1. The van der Waals surface area contributed by atoms with Gasteiger partial charge in [0, 0.05) is 36.7 Å². The molecule has 1 amide bonds. The zero-order valence-electron chi connectivity index (χ0n) is 12.9. The van der Waals surface area contributed by atoms with Crippen molar-refractivity contribution < 1.29 is 4.79 Å². The molecule has 0 fully saturated rings. The maximum Gasteiger partial charge on any atom is 0.255 e. The minimum absolute atomic E-state index is 0.115. The van der Waals surface area contributed by atoms with Crippen LogP contribution in [0.15, 0.2) is 36.4 Å². The summed E-state index contributed by atoms with van der Waals surface area (Å²) in [6.45, 7) is 3.88. The van der Waals surface area contributed by atoms with Crippen molar-refractivity contribution in [2.75, 3.05) is 30.0 Å². The molecule has 0 saturated heterocycles. The molecule has 0 heterocycles. The van der Waals surface area contributed by atoms with E-state index in [0.29, 0.717) is 11.3 Å². The molecule has 0 aliphatic carbocycles. The van der Waals surface area contributed by atoms with Crippen molar-refractivity contribution in [2.45, 2.75) is 13.8 Å². The van der Waals surface area contributed by atoms with Gasteiger partial charge in [-0.15, -0.1) is 0 Å². The quantitative estimate of drug-likeness (QED) is 0.850. The zero-order valence-corrected chi connectivity index (χ0v) is 12.9. The monoisotopic (exact) mass is 283 g/mol. The molecule has 0 atom stereocenters. The molecule has 0 bridgehead atoms. The van der Waals surface area contributed by atoms with E-state index in [1.807, 2.05) is 69.2 Å². The van der Waals surface area contributed by atoms with Gasteiger partial charge in [-0.3, -0.25) is 4.79 Å². The number of nitrogens with two attached hydrogens (primary N) is 1. The van der Waals surface area contributed by atoms with Crippen LogP contribution in [0.25, 0.3) is 0 Å². The van der Waals surface area contributed by atoms with Gasteiger partial charge in [0.05, 0.1) is 0 Å². The molecular weight excluding hydrogens is 262 g/mol. The predicted octanol–water partition coefficient (Wildman–Crippen LogP) is 3.20. The van der Waals surface area contributed by atoms with E-state index in [1.165, 1.54) is 0 Å². The second-order valence-electron chi connectivity index (χ2n) is 5.43. The molecule has 4 nitrogen and oxygen atoms in total. The fraction of sp³-hybridized carbons (Fsp3) is 0.235. The van der Waals surface area contributed by atoms with Gasteiger partial charge in [-0.05, 0) is 61.4 Å². The smallest absolute Gasteiger partial charge is 0.255 e. The van der Waals surface area contributed by atoms with Crippen molar-refractivity contribution in [3.8, 4) is 0 Å². The topological polar surface area (TPSA) is 58.4 Å². The molecule has 3 N–H and O–H groups in total. The van der Waals surface area contributed by atoms with Crippen molar-refractivity contribution in [1.29, 1.82) is 0 Å². The van der Waals surface area contributed by atoms with E-state index in [4.69, 9.17) is 5.73 Å². The fourth-order valence-electron chi connectivity index (χ4n) is 2.29.